The fraction of sp³-hybridized carbons (Fsp3) is 0.167. The zero-order chi connectivity index (χ0) is 15.6. The zero-order valence-electron chi connectivity index (χ0n) is 10.8. The van der Waals surface area contributed by atoms with Gasteiger partial charge in [0.25, 0.3) is 10.0 Å². The molecule has 0 aliphatic rings. The van der Waals surface area contributed by atoms with Crippen LogP contribution in [0.25, 0.3) is 0 Å². The summed E-state index contributed by atoms with van der Waals surface area (Å²) in [5.74, 6) is -1.39. The molecule has 0 fully saturated rings. The molecule has 2 aromatic rings. The molecule has 9 heteroatoms. The molecule has 2 rings (SSSR count). The molecular formula is C12H11ClN2O4S2. The highest BCUT2D eigenvalue weighted by Gasteiger charge is 2.27. The number of hydrogen-bond acceptors (Lipinski definition) is 5. The third-order valence-corrected chi connectivity index (χ3v) is 5.94. The Labute approximate surface area is 130 Å². The van der Waals surface area contributed by atoms with Gasteiger partial charge in [-0.2, -0.15) is 0 Å². The van der Waals surface area contributed by atoms with E-state index in [4.69, 9.17) is 16.7 Å². The van der Waals surface area contributed by atoms with Gasteiger partial charge in [-0.1, -0.05) is 29.8 Å². The smallest absolute Gasteiger partial charge is 0.356 e. The molecule has 0 bridgehead atoms. The summed E-state index contributed by atoms with van der Waals surface area (Å²) in [6.07, 6.45) is 0. The molecule has 0 radical (unpaired) electrons. The average Bonchev–Trinajstić information content (AvgIpc) is 2.88. The quantitative estimate of drug-likeness (QED) is 0.867. The molecule has 6 nitrogen and oxygen atoms in total. The Hall–Kier alpha value is -1.48. The fourth-order valence-electron chi connectivity index (χ4n) is 1.74. The van der Waals surface area contributed by atoms with Gasteiger partial charge in [-0.05, 0) is 18.6 Å². The first-order valence-corrected chi connectivity index (χ1v) is 8.50. The van der Waals surface area contributed by atoms with Crippen molar-refractivity contribution in [3.63, 3.8) is 0 Å². The number of carbonyl (C=O) groups is 1. The van der Waals surface area contributed by atoms with E-state index in [1.54, 1.807) is 31.2 Å². The number of nitrogens with one attached hydrogen (secondary N) is 1. The Morgan fingerprint density at radius 2 is 2.10 bits per heavy atom. The van der Waals surface area contributed by atoms with E-state index in [2.05, 4.69) is 9.71 Å². The van der Waals surface area contributed by atoms with Crippen LogP contribution in [0.2, 0.25) is 5.02 Å². The van der Waals surface area contributed by atoms with E-state index >= 15 is 0 Å². The highest BCUT2D eigenvalue weighted by Crippen LogP contribution is 2.26. The number of thiazole rings is 1. The summed E-state index contributed by atoms with van der Waals surface area (Å²) in [6, 6.07) is 6.21. The number of sulfonamides is 1. The van der Waals surface area contributed by atoms with Crippen molar-refractivity contribution in [1.82, 2.24) is 9.71 Å². The lowest BCUT2D eigenvalue weighted by molar-refractivity contribution is 0.0687. The number of carboxylic acids is 1. The van der Waals surface area contributed by atoms with Crippen molar-refractivity contribution in [3.05, 3.63) is 46.1 Å². The van der Waals surface area contributed by atoms with Crippen LogP contribution in [0.3, 0.4) is 0 Å². The SMILES string of the molecule is C[C@@H](NS(=O)(=O)c1scnc1C(=O)O)c1ccccc1Cl. The molecule has 1 atom stereocenters. The summed E-state index contributed by atoms with van der Waals surface area (Å²) in [4.78, 5) is 14.5. The van der Waals surface area contributed by atoms with Gasteiger partial charge in [0, 0.05) is 11.1 Å². The summed E-state index contributed by atoms with van der Waals surface area (Å²) in [5, 5.41) is 9.37. The van der Waals surface area contributed by atoms with Gasteiger partial charge in [-0.25, -0.2) is 22.9 Å². The monoisotopic (exact) mass is 346 g/mol. The highest BCUT2D eigenvalue weighted by molar-refractivity contribution is 7.91. The van der Waals surface area contributed by atoms with Crippen molar-refractivity contribution in [2.75, 3.05) is 0 Å². The summed E-state index contributed by atoms with van der Waals surface area (Å²) in [5.41, 5.74) is 1.29. The van der Waals surface area contributed by atoms with E-state index in [0.717, 1.165) is 11.3 Å². The minimum absolute atomic E-state index is 0.325. The standard InChI is InChI=1S/C12H11ClN2O4S2/c1-7(8-4-2-3-5-9(8)13)15-21(18,19)12-10(11(16)17)14-6-20-12/h2-7,15H,1H3,(H,16,17)/t7-/m1/s1. The number of rotatable bonds is 5. The van der Waals surface area contributed by atoms with Gasteiger partial charge < -0.3 is 5.11 Å². The largest absolute Gasteiger partial charge is 0.476 e. The Morgan fingerprint density at radius 1 is 1.43 bits per heavy atom. The fourth-order valence-corrected chi connectivity index (χ4v) is 4.42. The normalized spacial score (nSPS) is 13.0. The first kappa shape index (κ1) is 15.9. The van der Waals surface area contributed by atoms with Crippen molar-refractivity contribution in [2.45, 2.75) is 17.2 Å². The third kappa shape index (κ3) is 3.41. The van der Waals surface area contributed by atoms with Gasteiger partial charge in [0.1, 0.15) is 0 Å². The predicted molar refractivity (Wildman–Crippen MR) is 79.3 cm³/mol. The maximum Gasteiger partial charge on any atom is 0.356 e. The maximum absolute atomic E-state index is 12.3. The minimum Gasteiger partial charge on any atom is -0.476 e. The van der Waals surface area contributed by atoms with Crippen LogP contribution in [-0.4, -0.2) is 24.5 Å². The van der Waals surface area contributed by atoms with Gasteiger partial charge in [0.2, 0.25) is 0 Å². The molecule has 0 aliphatic carbocycles. The summed E-state index contributed by atoms with van der Waals surface area (Å²) >= 11 is 6.77. The molecule has 1 aromatic carbocycles. The van der Waals surface area contributed by atoms with Crippen molar-refractivity contribution >= 4 is 38.9 Å². The molecule has 2 N–H and O–H groups in total. The van der Waals surface area contributed by atoms with E-state index in [1.165, 1.54) is 5.51 Å². The Bertz CT molecular complexity index is 773. The van der Waals surface area contributed by atoms with Crippen LogP contribution in [-0.2, 0) is 10.0 Å². The molecule has 21 heavy (non-hydrogen) atoms. The lowest BCUT2D eigenvalue weighted by atomic mass is 10.1. The lowest BCUT2D eigenvalue weighted by Crippen LogP contribution is -2.27. The van der Waals surface area contributed by atoms with Gasteiger partial charge in [-0.15, -0.1) is 11.3 Å². The maximum atomic E-state index is 12.3. The Morgan fingerprint density at radius 3 is 2.71 bits per heavy atom. The first-order chi connectivity index (χ1) is 9.83. The molecule has 1 heterocycles. The van der Waals surface area contributed by atoms with E-state index in [9.17, 15) is 13.2 Å². The van der Waals surface area contributed by atoms with Crippen LogP contribution in [0, 0.1) is 0 Å². The molecule has 0 aliphatic heterocycles. The number of nitrogens with zero attached hydrogens (tertiary/aromatic N) is 1. The third-order valence-electron chi connectivity index (χ3n) is 2.69. The van der Waals surface area contributed by atoms with Gasteiger partial charge in [0.05, 0.1) is 5.51 Å². The van der Waals surface area contributed by atoms with Crippen LogP contribution in [0.4, 0.5) is 0 Å². The Balaban J connectivity index is 2.32. The molecule has 0 spiro atoms. The molecule has 112 valence electrons. The van der Waals surface area contributed by atoms with Crippen molar-refractivity contribution in [2.24, 2.45) is 0 Å². The molecule has 0 saturated heterocycles. The van der Waals surface area contributed by atoms with Crippen LogP contribution in [0.5, 0.6) is 0 Å². The van der Waals surface area contributed by atoms with Crippen LogP contribution < -0.4 is 4.72 Å². The minimum atomic E-state index is -3.99. The number of hydrogen-bond donors (Lipinski definition) is 2. The summed E-state index contributed by atoms with van der Waals surface area (Å²) < 4.78 is 26.6. The van der Waals surface area contributed by atoms with Crippen molar-refractivity contribution in [1.29, 1.82) is 0 Å². The van der Waals surface area contributed by atoms with E-state index in [-0.39, 0.29) is 4.21 Å². The van der Waals surface area contributed by atoms with Crippen LogP contribution in [0.1, 0.15) is 29.0 Å². The topological polar surface area (TPSA) is 96.4 Å². The summed E-state index contributed by atoms with van der Waals surface area (Å²) in [7, 11) is -3.99. The zero-order valence-corrected chi connectivity index (χ0v) is 13.2. The Kier molecular flexibility index (Phi) is 4.62. The van der Waals surface area contributed by atoms with Gasteiger partial charge in [-0.3, -0.25) is 0 Å². The first-order valence-electron chi connectivity index (χ1n) is 5.76. The molecule has 1 aromatic heterocycles. The van der Waals surface area contributed by atoms with E-state index in [0.29, 0.717) is 10.6 Å². The number of carboxylic acid groups (broad SMARTS) is 1. The highest BCUT2D eigenvalue weighted by atomic mass is 35.5. The molecule has 0 saturated carbocycles. The number of halogens is 1. The van der Waals surface area contributed by atoms with Crippen LogP contribution >= 0.6 is 22.9 Å². The summed E-state index contributed by atoms with van der Waals surface area (Å²) in [6.45, 7) is 1.63. The number of benzene rings is 1. The number of aromatic nitrogens is 1. The van der Waals surface area contributed by atoms with Gasteiger partial charge >= 0.3 is 5.97 Å². The average molecular weight is 347 g/mol. The second kappa shape index (κ2) is 6.10. The predicted octanol–water partition coefficient (Wildman–Crippen LogP) is 2.53. The second-order valence-corrected chi connectivity index (χ2v) is 7.33. The van der Waals surface area contributed by atoms with Crippen LogP contribution in [0.15, 0.2) is 34.0 Å². The molecular weight excluding hydrogens is 336 g/mol. The molecule has 0 unspecified atom stereocenters. The van der Waals surface area contributed by atoms with Crippen molar-refractivity contribution in [3.8, 4) is 0 Å². The van der Waals surface area contributed by atoms with E-state index < -0.39 is 27.7 Å². The van der Waals surface area contributed by atoms with Gasteiger partial charge in [0.15, 0.2) is 9.90 Å². The molecule has 0 amide bonds. The second-order valence-electron chi connectivity index (χ2n) is 4.16. The lowest BCUT2D eigenvalue weighted by Gasteiger charge is -2.15. The van der Waals surface area contributed by atoms with E-state index in [1.807, 2.05) is 0 Å². The van der Waals surface area contributed by atoms with Crippen molar-refractivity contribution < 1.29 is 18.3 Å². The number of aromatic carboxylic acids is 1.